The summed E-state index contributed by atoms with van der Waals surface area (Å²) in [5, 5.41) is 3.39. The van der Waals surface area contributed by atoms with E-state index in [0.717, 1.165) is 38.2 Å². The first-order valence-corrected chi connectivity index (χ1v) is 8.77. The molecule has 0 radical (unpaired) electrons. The maximum Gasteiger partial charge on any atom is 0.222 e. The second-order valence-corrected chi connectivity index (χ2v) is 6.92. The second-order valence-electron chi connectivity index (χ2n) is 6.92. The van der Waals surface area contributed by atoms with Crippen LogP contribution in [-0.4, -0.2) is 53.3 Å². The molecular formula is C19H24N4O2. The van der Waals surface area contributed by atoms with E-state index in [1.54, 1.807) is 19.5 Å². The average Bonchev–Trinajstić information content (AvgIpc) is 3.23. The minimum Gasteiger partial charge on any atom is -0.497 e. The summed E-state index contributed by atoms with van der Waals surface area (Å²) < 4.78 is 11.4. The van der Waals surface area contributed by atoms with Crippen molar-refractivity contribution >= 4 is 5.95 Å². The van der Waals surface area contributed by atoms with Crippen LogP contribution in [0.15, 0.2) is 42.7 Å². The Morgan fingerprint density at radius 1 is 1.28 bits per heavy atom. The Balaban J connectivity index is 1.32. The zero-order valence-corrected chi connectivity index (χ0v) is 14.5. The third-order valence-electron chi connectivity index (χ3n) is 5.07. The third-order valence-corrected chi connectivity index (χ3v) is 5.07. The van der Waals surface area contributed by atoms with Gasteiger partial charge in [0.1, 0.15) is 5.75 Å². The second kappa shape index (κ2) is 6.98. The lowest BCUT2D eigenvalue weighted by molar-refractivity contribution is 0.0120. The summed E-state index contributed by atoms with van der Waals surface area (Å²) in [6, 6.07) is 10.4. The summed E-state index contributed by atoms with van der Waals surface area (Å²) in [6.07, 6.45) is 5.60. The molecule has 132 valence electrons. The molecular weight excluding hydrogens is 316 g/mol. The van der Waals surface area contributed by atoms with Gasteiger partial charge in [0.15, 0.2) is 0 Å². The van der Waals surface area contributed by atoms with Gasteiger partial charge in [-0.1, -0.05) is 12.1 Å². The Bertz CT molecular complexity index is 694. The fourth-order valence-electron chi connectivity index (χ4n) is 3.83. The maximum atomic E-state index is 6.21. The summed E-state index contributed by atoms with van der Waals surface area (Å²) in [5.74, 6) is 1.58. The van der Waals surface area contributed by atoms with Gasteiger partial charge in [0.2, 0.25) is 5.95 Å². The zero-order chi connectivity index (χ0) is 17.1. The van der Waals surface area contributed by atoms with Crippen molar-refractivity contribution in [2.45, 2.75) is 31.0 Å². The quantitative estimate of drug-likeness (QED) is 0.901. The molecule has 1 aromatic carbocycles. The van der Waals surface area contributed by atoms with E-state index in [4.69, 9.17) is 9.47 Å². The Kier molecular flexibility index (Phi) is 4.55. The lowest BCUT2D eigenvalue weighted by atomic mass is 9.97. The molecule has 1 spiro atoms. The van der Waals surface area contributed by atoms with Crippen molar-refractivity contribution in [3.63, 3.8) is 0 Å². The monoisotopic (exact) mass is 340 g/mol. The normalized spacial score (nSPS) is 26.2. The summed E-state index contributed by atoms with van der Waals surface area (Å²) in [4.78, 5) is 11.0. The molecule has 2 fully saturated rings. The van der Waals surface area contributed by atoms with Crippen LogP contribution >= 0.6 is 0 Å². The largest absolute Gasteiger partial charge is 0.497 e. The fraction of sp³-hybridized carbons (Fsp3) is 0.474. The molecule has 2 saturated heterocycles. The van der Waals surface area contributed by atoms with Crippen LogP contribution in [0.1, 0.15) is 18.4 Å². The predicted molar refractivity (Wildman–Crippen MR) is 95.6 cm³/mol. The Morgan fingerprint density at radius 3 is 2.84 bits per heavy atom. The van der Waals surface area contributed by atoms with Gasteiger partial charge in [0.05, 0.1) is 25.4 Å². The summed E-state index contributed by atoms with van der Waals surface area (Å²) in [5.41, 5.74) is 1.28. The molecule has 1 aromatic heterocycles. The standard InChI is InChI=1S/C19H24N4O2/c1-24-17-5-3-15(4-6-17)12-23-10-7-19(14-23)11-16(13-25-19)22-18-20-8-2-9-21-18/h2-6,8-9,16H,7,10-14H2,1H3,(H,20,21,22)/t16-,19+/m1/s1. The predicted octanol–water partition coefficient (Wildman–Crippen LogP) is 2.33. The van der Waals surface area contributed by atoms with E-state index in [9.17, 15) is 0 Å². The SMILES string of the molecule is COc1ccc(CN2CC[C@]3(C[C@@H](Nc4ncccn4)CO3)C2)cc1. The molecule has 2 atom stereocenters. The van der Waals surface area contributed by atoms with E-state index in [1.807, 2.05) is 18.2 Å². The number of hydrogen-bond acceptors (Lipinski definition) is 6. The number of likely N-dealkylation sites (tertiary alicyclic amines) is 1. The van der Waals surface area contributed by atoms with Crippen LogP contribution in [0.5, 0.6) is 5.75 Å². The topological polar surface area (TPSA) is 59.5 Å². The highest BCUT2D eigenvalue weighted by Crippen LogP contribution is 2.36. The van der Waals surface area contributed by atoms with Crippen LogP contribution in [-0.2, 0) is 11.3 Å². The minimum absolute atomic E-state index is 0.0289. The van der Waals surface area contributed by atoms with Crippen LogP contribution in [0.2, 0.25) is 0 Å². The number of rotatable bonds is 5. The summed E-state index contributed by atoms with van der Waals surface area (Å²) in [6.45, 7) is 3.72. The Morgan fingerprint density at radius 2 is 2.08 bits per heavy atom. The number of nitrogens with one attached hydrogen (secondary N) is 1. The number of hydrogen-bond donors (Lipinski definition) is 1. The van der Waals surface area contributed by atoms with Gasteiger partial charge in [-0.05, 0) is 30.2 Å². The van der Waals surface area contributed by atoms with Crippen LogP contribution in [0.4, 0.5) is 5.95 Å². The highest BCUT2D eigenvalue weighted by molar-refractivity contribution is 5.28. The average molecular weight is 340 g/mol. The number of ether oxygens (including phenoxy) is 2. The van der Waals surface area contributed by atoms with E-state index < -0.39 is 0 Å². The van der Waals surface area contributed by atoms with Gasteiger partial charge in [-0.25, -0.2) is 9.97 Å². The van der Waals surface area contributed by atoms with Crippen molar-refractivity contribution in [2.24, 2.45) is 0 Å². The first-order chi connectivity index (χ1) is 12.2. The Labute approximate surface area is 148 Å². The molecule has 1 N–H and O–H groups in total. The number of methoxy groups -OCH3 is 1. The van der Waals surface area contributed by atoms with Crippen molar-refractivity contribution in [1.82, 2.24) is 14.9 Å². The van der Waals surface area contributed by atoms with Crippen LogP contribution < -0.4 is 10.1 Å². The van der Waals surface area contributed by atoms with Crippen molar-refractivity contribution in [3.05, 3.63) is 48.3 Å². The van der Waals surface area contributed by atoms with E-state index in [1.165, 1.54) is 5.56 Å². The van der Waals surface area contributed by atoms with Gasteiger partial charge in [-0.15, -0.1) is 0 Å². The van der Waals surface area contributed by atoms with Crippen molar-refractivity contribution in [3.8, 4) is 5.75 Å². The Hall–Kier alpha value is -2.18. The number of aromatic nitrogens is 2. The number of benzene rings is 1. The van der Waals surface area contributed by atoms with Crippen molar-refractivity contribution < 1.29 is 9.47 Å². The van der Waals surface area contributed by atoms with Gasteiger partial charge >= 0.3 is 0 Å². The zero-order valence-electron chi connectivity index (χ0n) is 14.5. The molecule has 0 amide bonds. The van der Waals surface area contributed by atoms with E-state index in [2.05, 4.69) is 32.3 Å². The highest BCUT2D eigenvalue weighted by atomic mass is 16.5. The maximum absolute atomic E-state index is 6.21. The lowest BCUT2D eigenvalue weighted by Crippen LogP contribution is -2.33. The fourth-order valence-corrected chi connectivity index (χ4v) is 3.83. The van der Waals surface area contributed by atoms with Crippen LogP contribution in [0.3, 0.4) is 0 Å². The highest BCUT2D eigenvalue weighted by Gasteiger charge is 2.45. The van der Waals surface area contributed by atoms with Gasteiger partial charge in [-0.3, -0.25) is 4.90 Å². The molecule has 0 bridgehead atoms. The molecule has 0 aliphatic carbocycles. The molecule has 2 aliphatic rings. The third kappa shape index (κ3) is 3.75. The summed E-state index contributed by atoms with van der Waals surface area (Å²) in [7, 11) is 1.70. The lowest BCUT2D eigenvalue weighted by Gasteiger charge is -2.23. The number of anilines is 1. The van der Waals surface area contributed by atoms with Crippen molar-refractivity contribution in [1.29, 1.82) is 0 Å². The van der Waals surface area contributed by atoms with Gasteiger partial charge in [-0.2, -0.15) is 0 Å². The molecule has 2 aromatic rings. The van der Waals surface area contributed by atoms with Crippen LogP contribution in [0, 0.1) is 0 Å². The van der Waals surface area contributed by atoms with Gasteiger partial charge in [0, 0.05) is 38.4 Å². The minimum atomic E-state index is -0.0289. The van der Waals surface area contributed by atoms with E-state index in [-0.39, 0.29) is 11.6 Å². The van der Waals surface area contributed by atoms with Gasteiger partial charge in [0.25, 0.3) is 0 Å². The van der Waals surface area contributed by atoms with E-state index in [0.29, 0.717) is 12.6 Å². The first kappa shape index (κ1) is 16.3. The number of nitrogens with zero attached hydrogens (tertiary/aromatic N) is 3. The molecule has 0 unspecified atom stereocenters. The molecule has 25 heavy (non-hydrogen) atoms. The van der Waals surface area contributed by atoms with Gasteiger partial charge < -0.3 is 14.8 Å². The molecule has 2 aliphatic heterocycles. The molecule has 3 heterocycles. The van der Waals surface area contributed by atoms with Crippen LogP contribution in [0.25, 0.3) is 0 Å². The smallest absolute Gasteiger partial charge is 0.222 e. The first-order valence-electron chi connectivity index (χ1n) is 8.77. The van der Waals surface area contributed by atoms with Crippen molar-refractivity contribution in [2.75, 3.05) is 32.1 Å². The van der Waals surface area contributed by atoms with E-state index >= 15 is 0 Å². The molecule has 6 nitrogen and oxygen atoms in total. The molecule has 0 saturated carbocycles. The molecule has 4 rings (SSSR count). The molecule has 6 heteroatoms. The summed E-state index contributed by atoms with van der Waals surface area (Å²) >= 11 is 0.